The summed E-state index contributed by atoms with van der Waals surface area (Å²) in [6, 6.07) is 21.8. The first-order valence-electron chi connectivity index (χ1n) is 11.4. The molecule has 2 amide bonds. The van der Waals surface area contributed by atoms with E-state index in [9.17, 15) is 9.18 Å². The van der Waals surface area contributed by atoms with Gasteiger partial charge in [-0.3, -0.25) is 4.90 Å². The summed E-state index contributed by atoms with van der Waals surface area (Å²) in [7, 11) is 0. The van der Waals surface area contributed by atoms with Crippen LogP contribution in [0.1, 0.15) is 11.6 Å². The summed E-state index contributed by atoms with van der Waals surface area (Å²) in [5.74, 6) is 1.23. The lowest BCUT2D eigenvalue weighted by molar-refractivity contribution is 0.173. The van der Waals surface area contributed by atoms with Crippen LogP contribution in [0.2, 0.25) is 0 Å². The normalized spacial score (nSPS) is 16.2. The third-order valence-electron chi connectivity index (χ3n) is 6.22. The van der Waals surface area contributed by atoms with E-state index in [-0.39, 0.29) is 24.7 Å². The molecule has 1 fully saturated rings. The molecule has 7 nitrogen and oxygen atoms in total. The number of carbonyl (C=O) groups is 1. The van der Waals surface area contributed by atoms with Crippen molar-refractivity contribution in [3.8, 4) is 11.5 Å². The van der Waals surface area contributed by atoms with E-state index in [1.807, 2.05) is 60.7 Å². The van der Waals surface area contributed by atoms with Crippen LogP contribution < -0.4 is 25.0 Å². The number of anilines is 2. The van der Waals surface area contributed by atoms with Crippen molar-refractivity contribution in [1.29, 1.82) is 0 Å². The quantitative estimate of drug-likeness (QED) is 0.574. The Kier molecular flexibility index (Phi) is 6.49. The Hall–Kier alpha value is -3.78. The van der Waals surface area contributed by atoms with E-state index in [0.717, 1.165) is 30.1 Å². The summed E-state index contributed by atoms with van der Waals surface area (Å²) in [5, 5.41) is 5.87. The second-order valence-corrected chi connectivity index (χ2v) is 8.30. The van der Waals surface area contributed by atoms with Gasteiger partial charge in [0.1, 0.15) is 5.82 Å². The van der Waals surface area contributed by atoms with E-state index in [4.69, 9.17) is 9.47 Å². The minimum atomic E-state index is -0.262. The maximum atomic E-state index is 14.3. The summed E-state index contributed by atoms with van der Waals surface area (Å²) in [4.78, 5) is 16.9. The molecule has 8 heteroatoms. The van der Waals surface area contributed by atoms with E-state index in [2.05, 4.69) is 20.4 Å². The van der Waals surface area contributed by atoms with Crippen LogP contribution in [0, 0.1) is 5.82 Å². The highest BCUT2D eigenvalue weighted by Gasteiger charge is 2.28. The zero-order valence-electron chi connectivity index (χ0n) is 18.7. The van der Waals surface area contributed by atoms with Gasteiger partial charge in [0.15, 0.2) is 11.5 Å². The Morgan fingerprint density at radius 2 is 1.65 bits per heavy atom. The van der Waals surface area contributed by atoms with E-state index < -0.39 is 0 Å². The second kappa shape index (κ2) is 10.0. The van der Waals surface area contributed by atoms with Crippen molar-refractivity contribution in [2.24, 2.45) is 0 Å². The lowest BCUT2D eigenvalue weighted by Gasteiger charge is -2.40. The first-order chi connectivity index (χ1) is 16.7. The molecule has 0 radical (unpaired) electrons. The van der Waals surface area contributed by atoms with Crippen molar-refractivity contribution in [1.82, 2.24) is 10.2 Å². The van der Waals surface area contributed by atoms with Gasteiger partial charge in [-0.1, -0.05) is 36.4 Å². The maximum Gasteiger partial charge on any atom is 0.319 e. The number of rotatable bonds is 6. The number of benzene rings is 3. The van der Waals surface area contributed by atoms with Gasteiger partial charge in [-0.2, -0.15) is 0 Å². The molecule has 2 aliphatic rings. The SMILES string of the molecule is O=C(NC[C@H](c1ccc2c(c1)OCO2)N1CCN(c2ccccc2F)CC1)Nc1ccccc1. The molecule has 0 spiro atoms. The number of hydrogen-bond donors (Lipinski definition) is 2. The van der Waals surface area contributed by atoms with Crippen LogP contribution >= 0.6 is 0 Å². The molecule has 5 rings (SSSR count). The zero-order chi connectivity index (χ0) is 23.3. The average Bonchev–Trinajstić information content (AvgIpc) is 3.34. The third kappa shape index (κ3) is 4.92. The standard InChI is InChI=1S/C26H27FN4O3/c27-21-8-4-5-9-22(21)30-12-14-31(15-13-30)23(19-10-11-24-25(16-19)34-18-33-24)17-28-26(32)29-20-6-2-1-3-7-20/h1-11,16,23H,12-15,17-18H2,(H2,28,29,32)/t23-/m1/s1. The molecular formula is C26H27FN4O3. The van der Waals surface area contributed by atoms with Gasteiger partial charge in [0.25, 0.3) is 0 Å². The summed E-state index contributed by atoms with van der Waals surface area (Å²) >= 11 is 0. The first kappa shape index (κ1) is 22.0. The number of carbonyl (C=O) groups excluding carboxylic acids is 1. The Balaban J connectivity index is 1.29. The summed E-state index contributed by atoms with van der Waals surface area (Å²) < 4.78 is 25.3. The molecule has 3 aromatic carbocycles. The predicted molar refractivity (Wildman–Crippen MR) is 129 cm³/mol. The number of para-hydroxylation sites is 2. The van der Waals surface area contributed by atoms with Gasteiger partial charge in [-0.05, 0) is 42.0 Å². The van der Waals surface area contributed by atoms with Crippen LogP contribution in [0.3, 0.4) is 0 Å². The van der Waals surface area contributed by atoms with Crippen LogP contribution in [0.15, 0.2) is 72.8 Å². The Bertz CT molecular complexity index is 1140. The number of nitrogens with one attached hydrogen (secondary N) is 2. The molecule has 2 N–H and O–H groups in total. The number of ether oxygens (including phenoxy) is 2. The van der Waals surface area contributed by atoms with Crippen molar-refractivity contribution in [3.05, 3.63) is 84.2 Å². The van der Waals surface area contributed by atoms with Crippen molar-refractivity contribution < 1.29 is 18.7 Å². The number of fused-ring (bicyclic) bond motifs is 1. The minimum Gasteiger partial charge on any atom is -0.454 e. The highest BCUT2D eigenvalue weighted by atomic mass is 19.1. The maximum absolute atomic E-state index is 14.3. The third-order valence-corrected chi connectivity index (χ3v) is 6.22. The van der Waals surface area contributed by atoms with Crippen molar-refractivity contribution >= 4 is 17.4 Å². The first-order valence-corrected chi connectivity index (χ1v) is 11.4. The van der Waals surface area contributed by atoms with Gasteiger partial charge in [0, 0.05) is 38.4 Å². The zero-order valence-corrected chi connectivity index (χ0v) is 18.7. The molecule has 3 aromatic rings. The predicted octanol–water partition coefficient (Wildman–Crippen LogP) is 4.24. The highest BCUT2D eigenvalue weighted by Crippen LogP contribution is 2.36. The smallest absolute Gasteiger partial charge is 0.319 e. The molecule has 2 aliphatic heterocycles. The monoisotopic (exact) mass is 462 g/mol. The molecule has 0 unspecified atom stereocenters. The topological polar surface area (TPSA) is 66.1 Å². The second-order valence-electron chi connectivity index (χ2n) is 8.30. The molecule has 34 heavy (non-hydrogen) atoms. The fourth-order valence-corrected chi connectivity index (χ4v) is 4.45. The van der Waals surface area contributed by atoms with E-state index in [1.165, 1.54) is 6.07 Å². The van der Waals surface area contributed by atoms with E-state index in [0.29, 0.717) is 31.1 Å². The number of halogens is 1. The summed E-state index contributed by atoms with van der Waals surface area (Å²) in [6.07, 6.45) is 0. The summed E-state index contributed by atoms with van der Waals surface area (Å²) in [6.45, 7) is 3.47. The highest BCUT2D eigenvalue weighted by molar-refractivity contribution is 5.89. The van der Waals surface area contributed by atoms with Crippen LogP contribution in [0.5, 0.6) is 11.5 Å². The van der Waals surface area contributed by atoms with Gasteiger partial charge in [0.05, 0.1) is 11.7 Å². The van der Waals surface area contributed by atoms with E-state index in [1.54, 1.807) is 6.07 Å². The lowest BCUT2D eigenvalue weighted by atomic mass is 10.0. The Morgan fingerprint density at radius 3 is 2.44 bits per heavy atom. The molecule has 0 aromatic heterocycles. The van der Waals surface area contributed by atoms with Crippen LogP contribution in [-0.4, -0.2) is 50.4 Å². The fourth-order valence-electron chi connectivity index (χ4n) is 4.45. The molecule has 176 valence electrons. The van der Waals surface area contributed by atoms with Crippen molar-refractivity contribution in [3.63, 3.8) is 0 Å². The largest absolute Gasteiger partial charge is 0.454 e. The van der Waals surface area contributed by atoms with Crippen LogP contribution in [0.25, 0.3) is 0 Å². The Labute approximate surface area is 198 Å². The molecular weight excluding hydrogens is 435 g/mol. The van der Waals surface area contributed by atoms with Crippen molar-refractivity contribution in [2.45, 2.75) is 6.04 Å². The number of urea groups is 1. The number of amides is 2. The molecule has 0 aliphatic carbocycles. The van der Waals surface area contributed by atoms with E-state index >= 15 is 0 Å². The van der Waals surface area contributed by atoms with Gasteiger partial charge in [0.2, 0.25) is 6.79 Å². The average molecular weight is 463 g/mol. The van der Waals surface area contributed by atoms with Crippen molar-refractivity contribution in [2.75, 3.05) is 49.7 Å². The van der Waals surface area contributed by atoms with Crippen LogP contribution in [0.4, 0.5) is 20.6 Å². The molecule has 0 bridgehead atoms. The van der Waals surface area contributed by atoms with Gasteiger partial charge in [-0.15, -0.1) is 0 Å². The molecule has 1 saturated heterocycles. The minimum absolute atomic E-state index is 0.0706. The fraction of sp³-hybridized carbons (Fsp3) is 0.269. The van der Waals surface area contributed by atoms with Crippen LogP contribution in [-0.2, 0) is 0 Å². The van der Waals surface area contributed by atoms with Gasteiger partial charge in [-0.25, -0.2) is 9.18 Å². The lowest BCUT2D eigenvalue weighted by Crippen LogP contribution is -2.50. The van der Waals surface area contributed by atoms with Gasteiger partial charge < -0.3 is 25.0 Å². The molecule has 1 atom stereocenters. The number of nitrogens with zero attached hydrogens (tertiary/aromatic N) is 2. The number of hydrogen-bond acceptors (Lipinski definition) is 5. The Morgan fingerprint density at radius 1 is 0.912 bits per heavy atom. The summed E-state index contributed by atoms with van der Waals surface area (Å²) in [5.41, 5.74) is 2.39. The molecule has 0 saturated carbocycles. The number of piperazine rings is 1. The molecule has 2 heterocycles. The van der Waals surface area contributed by atoms with Gasteiger partial charge >= 0.3 is 6.03 Å².